The van der Waals surface area contributed by atoms with E-state index in [4.69, 9.17) is 14.6 Å². The summed E-state index contributed by atoms with van der Waals surface area (Å²) in [4.78, 5) is 14.9. The topological polar surface area (TPSA) is 68.7 Å². The van der Waals surface area contributed by atoms with Crippen molar-refractivity contribution in [2.75, 3.05) is 13.7 Å². The highest BCUT2D eigenvalue weighted by atomic mass is 16.5. The van der Waals surface area contributed by atoms with Crippen molar-refractivity contribution in [3.8, 4) is 11.5 Å². The summed E-state index contributed by atoms with van der Waals surface area (Å²) in [7, 11) is 1.58. The smallest absolute Gasteiger partial charge is 0.341 e. The Kier molecular flexibility index (Phi) is 3.32. The fourth-order valence-corrected chi connectivity index (χ4v) is 1.69. The molecule has 0 fully saturated rings. The van der Waals surface area contributed by atoms with E-state index in [0.29, 0.717) is 11.5 Å². The number of rotatable bonds is 4. The zero-order valence-electron chi connectivity index (χ0n) is 10.1. The SMILES string of the molecule is COc1ccc2c(OCC(=O)O)cc(C)nc2c1. The summed E-state index contributed by atoms with van der Waals surface area (Å²) in [5.74, 6) is 0.207. The largest absolute Gasteiger partial charge is 0.497 e. The van der Waals surface area contributed by atoms with E-state index in [1.807, 2.05) is 6.92 Å². The van der Waals surface area contributed by atoms with Crippen LogP contribution in [-0.2, 0) is 4.79 Å². The number of fused-ring (bicyclic) bond motifs is 1. The molecule has 0 unspecified atom stereocenters. The lowest BCUT2D eigenvalue weighted by Crippen LogP contribution is -2.10. The third-order valence-electron chi connectivity index (χ3n) is 2.46. The van der Waals surface area contributed by atoms with Crippen molar-refractivity contribution in [2.24, 2.45) is 0 Å². The second-order valence-corrected chi connectivity index (χ2v) is 3.83. The summed E-state index contributed by atoms with van der Waals surface area (Å²) < 4.78 is 10.4. The number of carbonyl (C=O) groups is 1. The first kappa shape index (κ1) is 12.2. The number of methoxy groups -OCH3 is 1. The molecule has 1 aromatic carbocycles. The number of aryl methyl sites for hydroxylation is 1. The molecule has 5 heteroatoms. The normalized spacial score (nSPS) is 10.3. The Hall–Kier alpha value is -2.30. The fraction of sp³-hybridized carbons (Fsp3) is 0.231. The summed E-state index contributed by atoms with van der Waals surface area (Å²) in [6.45, 7) is 1.46. The number of hydrogen-bond donors (Lipinski definition) is 1. The lowest BCUT2D eigenvalue weighted by molar-refractivity contribution is -0.139. The van der Waals surface area contributed by atoms with Crippen LogP contribution < -0.4 is 9.47 Å². The Morgan fingerprint density at radius 3 is 2.83 bits per heavy atom. The quantitative estimate of drug-likeness (QED) is 0.895. The van der Waals surface area contributed by atoms with Crippen LogP contribution in [0.25, 0.3) is 10.9 Å². The molecule has 0 spiro atoms. The van der Waals surface area contributed by atoms with Gasteiger partial charge in [0.2, 0.25) is 0 Å². The molecule has 5 nitrogen and oxygen atoms in total. The van der Waals surface area contributed by atoms with Gasteiger partial charge >= 0.3 is 5.97 Å². The lowest BCUT2D eigenvalue weighted by Gasteiger charge is -2.09. The van der Waals surface area contributed by atoms with E-state index < -0.39 is 5.97 Å². The van der Waals surface area contributed by atoms with Gasteiger partial charge in [-0.15, -0.1) is 0 Å². The number of carboxylic acids is 1. The summed E-state index contributed by atoms with van der Waals surface area (Å²) in [6.07, 6.45) is 0. The fourth-order valence-electron chi connectivity index (χ4n) is 1.69. The van der Waals surface area contributed by atoms with Crippen LogP contribution in [0, 0.1) is 6.92 Å². The van der Waals surface area contributed by atoms with Gasteiger partial charge in [0, 0.05) is 23.2 Å². The average molecular weight is 247 g/mol. The number of benzene rings is 1. The van der Waals surface area contributed by atoms with E-state index in [1.165, 1.54) is 0 Å². The first-order chi connectivity index (χ1) is 8.60. The van der Waals surface area contributed by atoms with Crippen molar-refractivity contribution in [1.82, 2.24) is 4.98 Å². The minimum Gasteiger partial charge on any atom is -0.497 e. The molecule has 0 atom stereocenters. The third-order valence-corrected chi connectivity index (χ3v) is 2.46. The van der Waals surface area contributed by atoms with E-state index in [-0.39, 0.29) is 6.61 Å². The van der Waals surface area contributed by atoms with Crippen LogP contribution in [0.15, 0.2) is 24.3 Å². The van der Waals surface area contributed by atoms with E-state index in [0.717, 1.165) is 16.6 Å². The molecule has 0 aliphatic carbocycles. The van der Waals surface area contributed by atoms with E-state index in [9.17, 15) is 4.79 Å². The Bertz CT molecular complexity index is 595. The van der Waals surface area contributed by atoms with E-state index in [2.05, 4.69) is 4.98 Å². The van der Waals surface area contributed by atoms with Crippen LogP contribution in [0.5, 0.6) is 11.5 Å². The van der Waals surface area contributed by atoms with Gasteiger partial charge in [0.1, 0.15) is 11.5 Å². The van der Waals surface area contributed by atoms with Gasteiger partial charge in [-0.3, -0.25) is 4.98 Å². The molecule has 0 aliphatic heterocycles. The van der Waals surface area contributed by atoms with Gasteiger partial charge in [0.05, 0.1) is 12.6 Å². The second-order valence-electron chi connectivity index (χ2n) is 3.83. The Balaban J connectivity index is 2.48. The maximum Gasteiger partial charge on any atom is 0.341 e. The van der Waals surface area contributed by atoms with Crippen molar-refractivity contribution >= 4 is 16.9 Å². The van der Waals surface area contributed by atoms with Gasteiger partial charge in [0.25, 0.3) is 0 Å². The van der Waals surface area contributed by atoms with Crippen molar-refractivity contribution in [3.05, 3.63) is 30.0 Å². The molecule has 0 saturated heterocycles. The van der Waals surface area contributed by atoms with Crippen molar-refractivity contribution in [2.45, 2.75) is 6.92 Å². The van der Waals surface area contributed by atoms with Crippen LogP contribution in [-0.4, -0.2) is 29.8 Å². The Morgan fingerprint density at radius 1 is 1.39 bits per heavy atom. The molecule has 1 heterocycles. The van der Waals surface area contributed by atoms with Crippen molar-refractivity contribution < 1.29 is 19.4 Å². The van der Waals surface area contributed by atoms with Gasteiger partial charge in [-0.1, -0.05) is 0 Å². The molecule has 0 bridgehead atoms. The van der Waals surface area contributed by atoms with Crippen LogP contribution in [0.3, 0.4) is 0 Å². The maximum atomic E-state index is 10.5. The summed E-state index contributed by atoms with van der Waals surface area (Å²) >= 11 is 0. The number of carboxylic acid groups (broad SMARTS) is 1. The van der Waals surface area contributed by atoms with Crippen LogP contribution in [0.2, 0.25) is 0 Å². The predicted molar refractivity (Wildman–Crippen MR) is 66.2 cm³/mol. The molecule has 2 rings (SSSR count). The zero-order chi connectivity index (χ0) is 13.1. The van der Waals surface area contributed by atoms with Crippen molar-refractivity contribution in [1.29, 1.82) is 0 Å². The molecule has 1 N–H and O–H groups in total. The summed E-state index contributed by atoms with van der Waals surface area (Å²) in [5, 5.41) is 9.40. The molecule has 1 aromatic heterocycles. The molecule has 94 valence electrons. The highest BCUT2D eigenvalue weighted by Crippen LogP contribution is 2.28. The minimum atomic E-state index is -1.01. The van der Waals surface area contributed by atoms with E-state index in [1.54, 1.807) is 31.4 Å². The maximum absolute atomic E-state index is 10.5. The number of pyridine rings is 1. The minimum absolute atomic E-state index is 0.370. The average Bonchev–Trinajstić information content (AvgIpc) is 2.34. The molecule has 2 aromatic rings. The molecule has 0 amide bonds. The molecular formula is C13H13NO4. The highest BCUT2D eigenvalue weighted by Gasteiger charge is 2.08. The molecule has 0 saturated carbocycles. The second kappa shape index (κ2) is 4.91. The number of ether oxygens (including phenoxy) is 2. The summed E-state index contributed by atoms with van der Waals surface area (Å²) in [6, 6.07) is 7.10. The Morgan fingerprint density at radius 2 is 2.17 bits per heavy atom. The standard InChI is InChI=1S/C13H13NO4/c1-8-5-12(18-7-13(15)16)10-4-3-9(17-2)6-11(10)14-8/h3-6H,7H2,1-2H3,(H,15,16). The highest BCUT2D eigenvalue weighted by molar-refractivity contribution is 5.86. The first-order valence-electron chi connectivity index (χ1n) is 5.40. The van der Waals surface area contributed by atoms with Gasteiger partial charge < -0.3 is 14.6 Å². The number of nitrogens with zero attached hydrogens (tertiary/aromatic N) is 1. The zero-order valence-corrected chi connectivity index (χ0v) is 10.1. The summed E-state index contributed by atoms with van der Waals surface area (Å²) in [5.41, 5.74) is 1.48. The van der Waals surface area contributed by atoms with Crippen LogP contribution >= 0.6 is 0 Å². The monoisotopic (exact) mass is 247 g/mol. The number of aromatic nitrogens is 1. The Labute approximate surface area is 104 Å². The van der Waals surface area contributed by atoms with Crippen molar-refractivity contribution in [3.63, 3.8) is 0 Å². The van der Waals surface area contributed by atoms with Gasteiger partial charge in [-0.2, -0.15) is 0 Å². The molecule has 18 heavy (non-hydrogen) atoms. The van der Waals surface area contributed by atoms with E-state index >= 15 is 0 Å². The molecule has 0 aliphatic rings. The molecule has 0 radical (unpaired) electrons. The third kappa shape index (κ3) is 2.51. The lowest BCUT2D eigenvalue weighted by atomic mass is 10.2. The van der Waals surface area contributed by atoms with Gasteiger partial charge in [-0.05, 0) is 19.1 Å². The number of hydrogen-bond acceptors (Lipinski definition) is 4. The number of aliphatic carboxylic acids is 1. The van der Waals surface area contributed by atoms with Gasteiger partial charge in [-0.25, -0.2) is 4.79 Å². The first-order valence-corrected chi connectivity index (χ1v) is 5.40. The molecular weight excluding hydrogens is 234 g/mol. The van der Waals surface area contributed by atoms with Crippen LogP contribution in [0.4, 0.5) is 0 Å². The predicted octanol–water partition coefficient (Wildman–Crippen LogP) is 2.02. The van der Waals surface area contributed by atoms with Crippen LogP contribution in [0.1, 0.15) is 5.69 Å². The van der Waals surface area contributed by atoms with Gasteiger partial charge in [0.15, 0.2) is 6.61 Å².